The molecule has 1 heterocycles. The number of benzene rings is 1. The first-order valence-corrected chi connectivity index (χ1v) is 4.08. The summed E-state index contributed by atoms with van der Waals surface area (Å²) >= 11 is 0. The van der Waals surface area contributed by atoms with Crippen molar-refractivity contribution in [3.63, 3.8) is 0 Å². The predicted octanol–water partition coefficient (Wildman–Crippen LogP) is 1.38. The van der Waals surface area contributed by atoms with E-state index in [0.717, 1.165) is 0 Å². The smallest absolute Gasteiger partial charge is 0.194 e. The summed E-state index contributed by atoms with van der Waals surface area (Å²) in [6, 6.07) is 4.62. The summed E-state index contributed by atoms with van der Waals surface area (Å²) in [6.07, 6.45) is 1.33. The van der Waals surface area contributed by atoms with E-state index >= 15 is 0 Å². The van der Waals surface area contributed by atoms with Crippen molar-refractivity contribution in [2.45, 2.75) is 0 Å². The van der Waals surface area contributed by atoms with E-state index in [2.05, 4.69) is 0 Å². The Morgan fingerprint density at radius 1 is 1.36 bits per heavy atom. The lowest BCUT2D eigenvalue weighted by Crippen LogP contribution is -2.03. The first-order chi connectivity index (χ1) is 6.74. The maximum Gasteiger partial charge on any atom is 0.194 e. The lowest BCUT2D eigenvalue weighted by molar-refractivity contribution is 0.409. The van der Waals surface area contributed by atoms with Gasteiger partial charge in [-0.15, -0.1) is 0 Å². The number of hydrogen-bond acceptors (Lipinski definition) is 4. The fourth-order valence-electron chi connectivity index (χ4n) is 1.36. The van der Waals surface area contributed by atoms with Gasteiger partial charge in [0, 0.05) is 11.8 Å². The van der Waals surface area contributed by atoms with E-state index in [1.807, 2.05) is 0 Å². The highest BCUT2D eigenvalue weighted by atomic mass is 16.5. The van der Waals surface area contributed by atoms with E-state index in [4.69, 9.17) is 14.9 Å². The fourth-order valence-corrected chi connectivity index (χ4v) is 1.36. The molecule has 2 N–H and O–H groups in total. The normalized spacial score (nSPS) is 10.4. The second-order valence-corrected chi connectivity index (χ2v) is 2.85. The SMILES string of the molecule is COc1ccc(N)c2c(=O)ccoc12. The van der Waals surface area contributed by atoms with Crippen molar-refractivity contribution in [3.8, 4) is 5.75 Å². The van der Waals surface area contributed by atoms with Crippen LogP contribution in [0.3, 0.4) is 0 Å². The molecule has 72 valence electrons. The maximum atomic E-state index is 11.5. The molecule has 0 aliphatic carbocycles. The van der Waals surface area contributed by atoms with Crippen LogP contribution in [-0.4, -0.2) is 7.11 Å². The van der Waals surface area contributed by atoms with E-state index in [-0.39, 0.29) is 5.43 Å². The van der Waals surface area contributed by atoms with Crippen LogP contribution in [0.25, 0.3) is 11.0 Å². The van der Waals surface area contributed by atoms with Crippen molar-refractivity contribution in [1.29, 1.82) is 0 Å². The Labute approximate surface area is 79.9 Å². The maximum absolute atomic E-state index is 11.5. The van der Waals surface area contributed by atoms with Crippen LogP contribution in [0.5, 0.6) is 5.75 Å². The van der Waals surface area contributed by atoms with Crippen LogP contribution in [0, 0.1) is 0 Å². The van der Waals surface area contributed by atoms with Crippen molar-refractivity contribution < 1.29 is 9.15 Å². The zero-order chi connectivity index (χ0) is 10.1. The summed E-state index contributed by atoms with van der Waals surface area (Å²) < 4.78 is 10.2. The molecule has 0 fully saturated rings. The van der Waals surface area contributed by atoms with Crippen LogP contribution in [0.2, 0.25) is 0 Å². The molecule has 1 aromatic carbocycles. The molecule has 0 atom stereocenters. The Kier molecular flexibility index (Phi) is 1.89. The molecule has 0 aliphatic rings. The molecular weight excluding hydrogens is 182 g/mol. The molecule has 0 radical (unpaired) electrons. The Morgan fingerprint density at radius 3 is 2.86 bits per heavy atom. The van der Waals surface area contributed by atoms with Crippen LogP contribution < -0.4 is 15.9 Å². The summed E-state index contributed by atoms with van der Waals surface area (Å²) in [5.74, 6) is 0.506. The highest BCUT2D eigenvalue weighted by molar-refractivity contribution is 5.92. The minimum absolute atomic E-state index is 0.164. The third-order valence-electron chi connectivity index (χ3n) is 2.03. The van der Waals surface area contributed by atoms with Crippen LogP contribution in [0.4, 0.5) is 5.69 Å². The van der Waals surface area contributed by atoms with Gasteiger partial charge in [-0.2, -0.15) is 0 Å². The standard InChI is InChI=1S/C10H9NO3/c1-13-8-3-2-6(11)9-7(12)4-5-14-10(8)9/h2-5H,11H2,1H3. The van der Waals surface area contributed by atoms with Crippen molar-refractivity contribution in [3.05, 3.63) is 34.7 Å². The Hall–Kier alpha value is -1.97. The van der Waals surface area contributed by atoms with E-state index in [0.29, 0.717) is 22.4 Å². The van der Waals surface area contributed by atoms with Crippen molar-refractivity contribution >= 4 is 16.7 Å². The van der Waals surface area contributed by atoms with Crippen LogP contribution >= 0.6 is 0 Å². The third kappa shape index (κ3) is 1.12. The molecule has 0 bridgehead atoms. The van der Waals surface area contributed by atoms with E-state index < -0.39 is 0 Å². The van der Waals surface area contributed by atoms with Gasteiger partial charge in [0.2, 0.25) is 0 Å². The summed E-state index contributed by atoms with van der Waals surface area (Å²) in [4.78, 5) is 11.5. The monoisotopic (exact) mass is 191 g/mol. The number of hydrogen-bond donors (Lipinski definition) is 1. The molecule has 14 heavy (non-hydrogen) atoms. The summed E-state index contributed by atoms with van der Waals surface area (Å²) in [5, 5.41) is 0.367. The number of nitrogens with two attached hydrogens (primary N) is 1. The molecule has 4 heteroatoms. The Bertz CT molecular complexity index is 530. The number of ether oxygens (including phenoxy) is 1. The first-order valence-electron chi connectivity index (χ1n) is 4.08. The number of anilines is 1. The minimum Gasteiger partial charge on any atom is -0.493 e. The van der Waals surface area contributed by atoms with Gasteiger partial charge in [-0.3, -0.25) is 4.79 Å². The first kappa shape index (κ1) is 8.62. The minimum atomic E-state index is -0.164. The number of fused-ring (bicyclic) bond motifs is 1. The fraction of sp³-hybridized carbons (Fsp3) is 0.100. The van der Waals surface area contributed by atoms with Crippen molar-refractivity contribution in [2.75, 3.05) is 12.8 Å². The lowest BCUT2D eigenvalue weighted by atomic mass is 10.2. The third-order valence-corrected chi connectivity index (χ3v) is 2.03. The zero-order valence-corrected chi connectivity index (χ0v) is 7.61. The van der Waals surface area contributed by atoms with E-state index in [1.165, 1.54) is 19.4 Å². The molecule has 0 aliphatic heterocycles. The van der Waals surface area contributed by atoms with Crippen molar-refractivity contribution in [2.24, 2.45) is 0 Å². The quantitative estimate of drug-likeness (QED) is 0.691. The summed E-state index contributed by atoms with van der Waals surface area (Å²) in [6.45, 7) is 0. The van der Waals surface area contributed by atoms with Crippen LogP contribution in [0.15, 0.2) is 33.7 Å². The molecule has 0 spiro atoms. The van der Waals surface area contributed by atoms with Gasteiger partial charge >= 0.3 is 0 Å². The number of nitrogen functional groups attached to an aromatic ring is 1. The van der Waals surface area contributed by atoms with E-state index in [1.54, 1.807) is 12.1 Å². The second kappa shape index (κ2) is 3.06. The Morgan fingerprint density at radius 2 is 2.14 bits per heavy atom. The average Bonchev–Trinajstić information content (AvgIpc) is 2.18. The molecule has 2 aromatic rings. The highest BCUT2D eigenvalue weighted by Gasteiger charge is 2.08. The summed E-state index contributed by atoms with van der Waals surface area (Å²) in [7, 11) is 1.51. The van der Waals surface area contributed by atoms with Gasteiger partial charge in [0.25, 0.3) is 0 Å². The molecule has 2 rings (SSSR count). The van der Waals surface area contributed by atoms with Gasteiger partial charge in [-0.1, -0.05) is 0 Å². The molecule has 4 nitrogen and oxygen atoms in total. The molecule has 1 aromatic heterocycles. The largest absolute Gasteiger partial charge is 0.493 e. The lowest BCUT2D eigenvalue weighted by Gasteiger charge is -2.04. The Balaban J connectivity index is 2.99. The van der Waals surface area contributed by atoms with Gasteiger partial charge < -0.3 is 14.9 Å². The topological polar surface area (TPSA) is 65.5 Å². The number of rotatable bonds is 1. The van der Waals surface area contributed by atoms with Crippen LogP contribution in [0.1, 0.15) is 0 Å². The molecular formula is C10H9NO3. The predicted molar refractivity (Wildman–Crippen MR) is 53.4 cm³/mol. The van der Waals surface area contributed by atoms with E-state index in [9.17, 15) is 4.79 Å². The molecule has 0 unspecified atom stereocenters. The highest BCUT2D eigenvalue weighted by Crippen LogP contribution is 2.26. The van der Waals surface area contributed by atoms with Crippen molar-refractivity contribution in [1.82, 2.24) is 0 Å². The second-order valence-electron chi connectivity index (χ2n) is 2.85. The average molecular weight is 191 g/mol. The molecule has 0 saturated heterocycles. The number of methoxy groups -OCH3 is 1. The van der Waals surface area contributed by atoms with Gasteiger partial charge in [-0.05, 0) is 12.1 Å². The van der Waals surface area contributed by atoms with Gasteiger partial charge in [0.05, 0.1) is 18.8 Å². The summed E-state index contributed by atoms with van der Waals surface area (Å²) in [5.41, 5.74) is 6.29. The van der Waals surface area contributed by atoms with Gasteiger partial charge in [0.1, 0.15) is 0 Å². The molecule has 0 amide bonds. The van der Waals surface area contributed by atoms with Crippen LogP contribution in [-0.2, 0) is 0 Å². The molecule has 0 saturated carbocycles. The van der Waals surface area contributed by atoms with Gasteiger partial charge in [-0.25, -0.2) is 0 Å². The zero-order valence-electron chi connectivity index (χ0n) is 7.61. The van der Waals surface area contributed by atoms with Gasteiger partial charge in [0.15, 0.2) is 16.8 Å².